The van der Waals surface area contributed by atoms with Crippen LogP contribution in [-0.2, 0) is 19.3 Å². The largest absolute Gasteiger partial charge is 0.508 e. The molecule has 1 aromatic carbocycles. The molecular weight excluding hydrogens is 244 g/mol. The molecule has 1 rings (SSSR count). The first-order valence-electron chi connectivity index (χ1n) is 8.57. The van der Waals surface area contributed by atoms with Crippen molar-refractivity contribution in [2.75, 3.05) is 0 Å². The van der Waals surface area contributed by atoms with Crippen molar-refractivity contribution in [3.8, 4) is 5.75 Å². The van der Waals surface area contributed by atoms with E-state index in [-0.39, 0.29) is 0 Å². The van der Waals surface area contributed by atoms with Gasteiger partial charge in [-0.1, -0.05) is 58.9 Å². The standard InChI is InChI=1S/C19H32O/c1-4-7-9-11-13-18-17(12-10-8-5-2)16(6-3)14-15-19(18)20/h14-15,20H,4-13H2,1-3H3. The smallest absolute Gasteiger partial charge is 0.119 e. The normalized spacial score (nSPS) is 10.9. The SMILES string of the molecule is CCCCCCc1c(O)ccc(CC)c1CCCCC. The molecule has 0 aromatic heterocycles. The molecule has 1 aromatic rings. The van der Waals surface area contributed by atoms with Crippen LogP contribution in [0.1, 0.15) is 82.4 Å². The molecule has 0 unspecified atom stereocenters. The second-order valence-electron chi connectivity index (χ2n) is 5.82. The van der Waals surface area contributed by atoms with Gasteiger partial charge >= 0.3 is 0 Å². The van der Waals surface area contributed by atoms with Gasteiger partial charge in [-0.25, -0.2) is 0 Å². The molecule has 1 heteroatoms. The number of benzene rings is 1. The molecular formula is C19H32O. The van der Waals surface area contributed by atoms with Crippen molar-refractivity contribution in [1.29, 1.82) is 0 Å². The minimum absolute atomic E-state index is 0.519. The fourth-order valence-electron chi connectivity index (χ4n) is 2.93. The van der Waals surface area contributed by atoms with Crippen LogP contribution in [0.3, 0.4) is 0 Å². The van der Waals surface area contributed by atoms with Crippen LogP contribution in [0, 0.1) is 0 Å². The topological polar surface area (TPSA) is 20.2 Å². The van der Waals surface area contributed by atoms with E-state index in [1.807, 2.05) is 6.07 Å². The fraction of sp³-hybridized carbons (Fsp3) is 0.684. The number of hydrogen-bond donors (Lipinski definition) is 1. The van der Waals surface area contributed by atoms with Gasteiger partial charge in [0.2, 0.25) is 0 Å². The van der Waals surface area contributed by atoms with Gasteiger partial charge in [0, 0.05) is 0 Å². The molecule has 0 saturated carbocycles. The molecule has 0 heterocycles. The van der Waals surface area contributed by atoms with E-state index in [0.717, 1.165) is 19.3 Å². The molecule has 0 radical (unpaired) electrons. The summed E-state index contributed by atoms with van der Waals surface area (Å²) in [6, 6.07) is 4.02. The van der Waals surface area contributed by atoms with Crippen LogP contribution >= 0.6 is 0 Å². The Morgan fingerprint density at radius 1 is 0.750 bits per heavy atom. The van der Waals surface area contributed by atoms with Crippen LogP contribution in [0.25, 0.3) is 0 Å². The zero-order valence-corrected chi connectivity index (χ0v) is 13.7. The van der Waals surface area contributed by atoms with Gasteiger partial charge in [0.05, 0.1) is 0 Å². The van der Waals surface area contributed by atoms with Gasteiger partial charge < -0.3 is 5.11 Å². The van der Waals surface area contributed by atoms with Gasteiger partial charge in [-0.15, -0.1) is 0 Å². The molecule has 0 aliphatic rings. The lowest BCUT2D eigenvalue weighted by molar-refractivity contribution is 0.464. The summed E-state index contributed by atoms with van der Waals surface area (Å²) in [5, 5.41) is 10.2. The van der Waals surface area contributed by atoms with Gasteiger partial charge in [-0.3, -0.25) is 0 Å². The molecule has 0 saturated heterocycles. The number of aromatic hydroxyl groups is 1. The van der Waals surface area contributed by atoms with Crippen molar-refractivity contribution in [2.45, 2.75) is 85.0 Å². The van der Waals surface area contributed by atoms with E-state index in [0.29, 0.717) is 5.75 Å². The fourth-order valence-corrected chi connectivity index (χ4v) is 2.93. The summed E-state index contributed by atoms with van der Waals surface area (Å²) < 4.78 is 0. The van der Waals surface area contributed by atoms with Crippen LogP contribution in [-0.4, -0.2) is 5.11 Å². The first kappa shape index (κ1) is 17.1. The molecule has 0 bridgehead atoms. The molecule has 1 N–H and O–H groups in total. The predicted octanol–water partition coefficient (Wildman–Crippen LogP) is 5.81. The Hall–Kier alpha value is -0.980. The first-order valence-corrected chi connectivity index (χ1v) is 8.57. The van der Waals surface area contributed by atoms with Crippen molar-refractivity contribution in [3.63, 3.8) is 0 Å². The molecule has 0 atom stereocenters. The minimum atomic E-state index is 0.519. The molecule has 114 valence electrons. The Morgan fingerprint density at radius 3 is 2.00 bits per heavy atom. The molecule has 0 aliphatic heterocycles. The Morgan fingerprint density at radius 2 is 1.35 bits per heavy atom. The van der Waals surface area contributed by atoms with Crippen LogP contribution in [0.15, 0.2) is 12.1 Å². The van der Waals surface area contributed by atoms with E-state index in [2.05, 4.69) is 26.8 Å². The molecule has 0 amide bonds. The van der Waals surface area contributed by atoms with Crippen molar-refractivity contribution in [2.24, 2.45) is 0 Å². The monoisotopic (exact) mass is 276 g/mol. The maximum absolute atomic E-state index is 10.2. The molecule has 0 aliphatic carbocycles. The van der Waals surface area contributed by atoms with E-state index in [4.69, 9.17) is 0 Å². The van der Waals surface area contributed by atoms with E-state index < -0.39 is 0 Å². The predicted molar refractivity (Wildman–Crippen MR) is 88.6 cm³/mol. The second-order valence-corrected chi connectivity index (χ2v) is 5.82. The highest BCUT2D eigenvalue weighted by Gasteiger charge is 2.11. The zero-order valence-electron chi connectivity index (χ0n) is 13.7. The van der Waals surface area contributed by atoms with Crippen LogP contribution in [0.2, 0.25) is 0 Å². The summed E-state index contributed by atoms with van der Waals surface area (Å²) in [5.74, 6) is 0.519. The van der Waals surface area contributed by atoms with Gasteiger partial charge in [-0.05, 0) is 54.9 Å². The molecule has 1 nitrogen and oxygen atoms in total. The van der Waals surface area contributed by atoms with Crippen molar-refractivity contribution in [3.05, 3.63) is 28.8 Å². The summed E-state index contributed by atoms with van der Waals surface area (Å²) in [6.45, 7) is 6.71. The summed E-state index contributed by atoms with van der Waals surface area (Å²) in [7, 11) is 0. The van der Waals surface area contributed by atoms with Crippen molar-refractivity contribution in [1.82, 2.24) is 0 Å². The van der Waals surface area contributed by atoms with Gasteiger partial charge in [-0.2, -0.15) is 0 Å². The average Bonchev–Trinajstić information content (AvgIpc) is 2.46. The lowest BCUT2D eigenvalue weighted by Crippen LogP contribution is -2.01. The van der Waals surface area contributed by atoms with Crippen LogP contribution in [0.5, 0.6) is 5.75 Å². The summed E-state index contributed by atoms with van der Waals surface area (Å²) >= 11 is 0. The van der Waals surface area contributed by atoms with Crippen LogP contribution in [0.4, 0.5) is 0 Å². The Balaban J connectivity index is 2.81. The summed E-state index contributed by atoms with van der Waals surface area (Å²) in [6.07, 6.45) is 12.1. The second kappa shape index (κ2) is 9.85. The summed E-state index contributed by atoms with van der Waals surface area (Å²) in [4.78, 5) is 0. The van der Waals surface area contributed by atoms with Crippen molar-refractivity contribution < 1.29 is 5.11 Å². The Labute approximate surface area is 125 Å². The van der Waals surface area contributed by atoms with Crippen molar-refractivity contribution >= 4 is 0 Å². The third-order valence-electron chi connectivity index (χ3n) is 4.20. The van der Waals surface area contributed by atoms with Gasteiger partial charge in [0.25, 0.3) is 0 Å². The lowest BCUT2D eigenvalue weighted by Gasteiger charge is -2.16. The molecule has 0 fully saturated rings. The lowest BCUT2D eigenvalue weighted by atomic mass is 9.91. The van der Waals surface area contributed by atoms with Gasteiger partial charge in [0.15, 0.2) is 0 Å². The zero-order chi connectivity index (χ0) is 14.8. The number of hydrogen-bond acceptors (Lipinski definition) is 1. The highest BCUT2D eigenvalue weighted by molar-refractivity contribution is 5.44. The van der Waals surface area contributed by atoms with Crippen LogP contribution < -0.4 is 0 Å². The molecule has 20 heavy (non-hydrogen) atoms. The number of rotatable bonds is 10. The maximum Gasteiger partial charge on any atom is 0.119 e. The Bertz CT molecular complexity index is 382. The molecule has 0 spiro atoms. The number of phenolic OH excluding ortho intramolecular Hbond substituents is 1. The van der Waals surface area contributed by atoms with Gasteiger partial charge in [0.1, 0.15) is 5.75 Å². The maximum atomic E-state index is 10.2. The van der Waals surface area contributed by atoms with E-state index >= 15 is 0 Å². The Kier molecular flexibility index (Phi) is 8.41. The van der Waals surface area contributed by atoms with E-state index in [9.17, 15) is 5.11 Å². The quantitative estimate of drug-likeness (QED) is 0.535. The highest BCUT2D eigenvalue weighted by atomic mass is 16.3. The minimum Gasteiger partial charge on any atom is -0.508 e. The average molecular weight is 276 g/mol. The summed E-state index contributed by atoms with van der Waals surface area (Å²) in [5.41, 5.74) is 4.11. The third-order valence-corrected chi connectivity index (χ3v) is 4.20. The highest BCUT2D eigenvalue weighted by Crippen LogP contribution is 2.28. The number of aryl methyl sites for hydroxylation is 1. The first-order chi connectivity index (χ1) is 9.74. The third kappa shape index (κ3) is 5.19. The number of unbranched alkanes of at least 4 members (excludes halogenated alkanes) is 5. The number of phenols is 1. The van der Waals surface area contributed by atoms with E-state index in [1.54, 1.807) is 0 Å². The van der Waals surface area contributed by atoms with E-state index in [1.165, 1.54) is 61.6 Å².